The van der Waals surface area contributed by atoms with Crippen molar-refractivity contribution in [1.29, 1.82) is 0 Å². The van der Waals surface area contributed by atoms with Gasteiger partial charge >= 0.3 is 39.5 Å². The van der Waals surface area contributed by atoms with E-state index in [0.717, 1.165) is 102 Å². The lowest BCUT2D eigenvalue weighted by Crippen LogP contribution is -2.30. The molecule has 19 heteroatoms. The maximum atomic E-state index is 13.0. The van der Waals surface area contributed by atoms with E-state index in [9.17, 15) is 43.2 Å². The second-order valence-corrected chi connectivity index (χ2v) is 27.1. The lowest BCUT2D eigenvalue weighted by Gasteiger charge is -2.21. The van der Waals surface area contributed by atoms with Crippen LogP contribution < -0.4 is 0 Å². The molecule has 0 saturated carbocycles. The van der Waals surface area contributed by atoms with Crippen LogP contribution in [0.3, 0.4) is 0 Å². The van der Waals surface area contributed by atoms with Crippen LogP contribution in [0.2, 0.25) is 0 Å². The van der Waals surface area contributed by atoms with Crippen LogP contribution in [0.4, 0.5) is 0 Å². The van der Waals surface area contributed by atoms with Gasteiger partial charge in [0.2, 0.25) is 0 Å². The van der Waals surface area contributed by atoms with E-state index in [1.54, 1.807) is 0 Å². The molecule has 82 heavy (non-hydrogen) atoms. The van der Waals surface area contributed by atoms with Gasteiger partial charge < -0.3 is 33.8 Å². The summed E-state index contributed by atoms with van der Waals surface area (Å²) in [4.78, 5) is 72.1. The standard InChI is InChI=1S/C63H122O17P2/c1-8-9-10-11-12-13-18-21-30-37-44-60(65)73-50-58(79-62(67)46-39-32-22-19-16-14-15-17-20-27-34-41-54(2)3)52-77-81(69,70)75-48-57(64)49-76-82(71,72)78-53-59(80-63(68)47-40-33-26-24-29-36-43-56(6)7)51-74-61(66)45-38-31-25-23-28-35-42-55(4)5/h54-59,64H,8-53H2,1-7H3,(H,69,70)(H,71,72)/t57-,58-,59-/m1/s1. The number of aliphatic hydroxyl groups excluding tert-OH is 1. The van der Waals surface area contributed by atoms with Gasteiger partial charge in [-0.15, -0.1) is 0 Å². The number of ether oxygens (including phenoxy) is 4. The molecule has 0 bridgehead atoms. The highest BCUT2D eigenvalue weighted by molar-refractivity contribution is 7.47. The van der Waals surface area contributed by atoms with E-state index in [1.807, 2.05) is 0 Å². The van der Waals surface area contributed by atoms with Crippen molar-refractivity contribution < 1.29 is 80.2 Å². The molecule has 0 saturated heterocycles. The molecular weight excluding hydrogens is 1090 g/mol. The minimum Gasteiger partial charge on any atom is -0.462 e. The number of carbonyl (C=O) groups excluding carboxylic acids is 4. The largest absolute Gasteiger partial charge is 0.472 e. The average Bonchev–Trinajstić information content (AvgIpc) is 3.43. The highest BCUT2D eigenvalue weighted by atomic mass is 31.2. The van der Waals surface area contributed by atoms with Gasteiger partial charge in [0, 0.05) is 25.7 Å². The number of carbonyl (C=O) groups is 4. The first-order chi connectivity index (χ1) is 39.2. The van der Waals surface area contributed by atoms with Crippen molar-refractivity contribution in [2.45, 2.75) is 324 Å². The lowest BCUT2D eigenvalue weighted by atomic mass is 10.0. The predicted octanol–water partition coefficient (Wildman–Crippen LogP) is 17.1. The van der Waals surface area contributed by atoms with E-state index in [4.69, 9.17) is 37.0 Å². The molecular formula is C63H122O17P2. The third kappa shape index (κ3) is 57.2. The monoisotopic (exact) mass is 1210 g/mol. The van der Waals surface area contributed by atoms with Gasteiger partial charge in [0.25, 0.3) is 0 Å². The van der Waals surface area contributed by atoms with Crippen LogP contribution in [0.1, 0.15) is 305 Å². The van der Waals surface area contributed by atoms with Crippen molar-refractivity contribution in [3.63, 3.8) is 0 Å². The Kier molecular flexibility index (Phi) is 53.2. The van der Waals surface area contributed by atoms with E-state index in [-0.39, 0.29) is 25.7 Å². The minimum atomic E-state index is -4.94. The van der Waals surface area contributed by atoms with Crippen molar-refractivity contribution in [2.24, 2.45) is 17.8 Å². The molecule has 0 fully saturated rings. The number of unbranched alkanes of at least 4 members (excludes halogenated alkanes) is 29. The molecule has 0 radical (unpaired) electrons. The summed E-state index contributed by atoms with van der Waals surface area (Å²) >= 11 is 0. The highest BCUT2D eigenvalue weighted by Gasteiger charge is 2.30. The molecule has 3 N–H and O–H groups in total. The van der Waals surface area contributed by atoms with Gasteiger partial charge in [0.1, 0.15) is 19.3 Å². The van der Waals surface area contributed by atoms with Crippen molar-refractivity contribution in [3.8, 4) is 0 Å². The van der Waals surface area contributed by atoms with Gasteiger partial charge in [-0.1, -0.05) is 254 Å². The van der Waals surface area contributed by atoms with E-state index in [0.29, 0.717) is 37.5 Å². The molecule has 0 aromatic rings. The Bertz CT molecular complexity index is 1630. The summed E-state index contributed by atoms with van der Waals surface area (Å²) in [6.07, 6.45) is 35.1. The normalized spacial score (nSPS) is 14.4. The second-order valence-electron chi connectivity index (χ2n) is 24.2. The summed E-state index contributed by atoms with van der Waals surface area (Å²) in [5.74, 6) is -0.0284. The third-order valence-electron chi connectivity index (χ3n) is 14.4. The maximum Gasteiger partial charge on any atom is 0.472 e. The molecule has 17 nitrogen and oxygen atoms in total. The van der Waals surface area contributed by atoms with Crippen LogP contribution in [-0.4, -0.2) is 96.7 Å². The Balaban J connectivity index is 5.23. The summed E-state index contributed by atoms with van der Waals surface area (Å²) in [5.41, 5.74) is 0. The fraction of sp³-hybridized carbons (Fsp3) is 0.937. The summed E-state index contributed by atoms with van der Waals surface area (Å²) in [6, 6.07) is 0. The fourth-order valence-corrected chi connectivity index (χ4v) is 10.9. The van der Waals surface area contributed by atoms with Gasteiger partial charge in [-0.2, -0.15) is 0 Å². The molecule has 0 amide bonds. The quantitative estimate of drug-likeness (QED) is 0.0222. The lowest BCUT2D eigenvalue weighted by molar-refractivity contribution is -0.161. The van der Waals surface area contributed by atoms with Crippen LogP contribution in [-0.2, 0) is 65.4 Å². The van der Waals surface area contributed by atoms with Crippen LogP contribution in [0.25, 0.3) is 0 Å². The molecule has 0 aromatic carbocycles. The Labute approximate surface area is 498 Å². The van der Waals surface area contributed by atoms with E-state index < -0.39 is 97.5 Å². The number of rotatable bonds is 61. The topological polar surface area (TPSA) is 237 Å². The minimum absolute atomic E-state index is 0.101. The zero-order chi connectivity index (χ0) is 61.0. The Morgan fingerprint density at radius 3 is 0.829 bits per heavy atom. The molecule has 486 valence electrons. The zero-order valence-electron chi connectivity index (χ0n) is 52.9. The first-order valence-corrected chi connectivity index (χ1v) is 35.8. The third-order valence-corrected chi connectivity index (χ3v) is 16.3. The molecule has 5 atom stereocenters. The van der Waals surface area contributed by atoms with Crippen LogP contribution in [0.15, 0.2) is 0 Å². The molecule has 0 heterocycles. The molecule has 0 rings (SSSR count). The first-order valence-electron chi connectivity index (χ1n) is 32.8. The number of hydrogen-bond acceptors (Lipinski definition) is 15. The van der Waals surface area contributed by atoms with Gasteiger partial charge in [0.15, 0.2) is 12.2 Å². The summed E-state index contributed by atoms with van der Waals surface area (Å²) in [5, 5.41) is 10.5. The summed E-state index contributed by atoms with van der Waals surface area (Å²) < 4.78 is 67.9. The molecule has 2 unspecified atom stereocenters. The second kappa shape index (κ2) is 54.5. The molecule has 0 aliphatic rings. The number of esters is 4. The van der Waals surface area contributed by atoms with Crippen LogP contribution in [0, 0.1) is 17.8 Å². The molecule has 0 spiro atoms. The van der Waals surface area contributed by atoms with E-state index >= 15 is 0 Å². The molecule has 0 aliphatic heterocycles. The Hall–Kier alpha value is -1.94. The molecule has 0 aliphatic carbocycles. The summed E-state index contributed by atoms with van der Waals surface area (Å²) in [6.45, 7) is 11.6. The van der Waals surface area contributed by atoms with Gasteiger partial charge in [-0.25, -0.2) is 9.13 Å². The van der Waals surface area contributed by atoms with Gasteiger partial charge in [-0.3, -0.25) is 37.3 Å². The fourth-order valence-electron chi connectivity index (χ4n) is 9.30. The predicted molar refractivity (Wildman–Crippen MR) is 326 cm³/mol. The smallest absolute Gasteiger partial charge is 0.462 e. The number of phosphoric ester groups is 2. The zero-order valence-corrected chi connectivity index (χ0v) is 54.7. The SMILES string of the molecule is CCCCCCCCCCCCC(=O)OC[C@H](COP(=O)(O)OC[C@@H](O)COP(=O)(O)OC[C@@H](COC(=O)CCCCCCCCC(C)C)OC(=O)CCCCCCCCC(C)C)OC(=O)CCCCCCCCCCCCCC(C)C. The van der Waals surface area contributed by atoms with Crippen molar-refractivity contribution >= 4 is 39.5 Å². The first kappa shape index (κ1) is 80.1. The Morgan fingerprint density at radius 2 is 0.561 bits per heavy atom. The highest BCUT2D eigenvalue weighted by Crippen LogP contribution is 2.45. The van der Waals surface area contributed by atoms with E-state index in [2.05, 4.69) is 48.5 Å². The molecule has 0 aromatic heterocycles. The van der Waals surface area contributed by atoms with E-state index in [1.165, 1.54) is 109 Å². The maximum absolute atomic E-state index is 13.0. The van der Waals surface area contributed by atoms with Crippen molar-refractivity contribution in [3.05, 3.63) is 0 Å². The van der Waals surface area contributed by atoms with Crippen molar-refractivity contribution in [1.82, 2.24) is 0 Å². The number of phosphoric acid groups is 2. The average molecular weight is 1210 g/mol. The summed E-state index contributed by atoms with van der Waals surface area (Å²) in [7, 11) is -9.88. The van der Waals surface area contributed by atoms with Gasteiger partial charge in [0.05, 0.1) is 26.4 Å². The van der Waals surface area contributed by atoms with Crippen molar-refractivity contribution in [2.75, 3.05) is 39.6 Å². The van der Waals surface area contributed by atoms with Crippen LogP contribution >= 0.6 is 15.6 Å². The van der Waals surface area contributed by atoms with Crippen LogP contribution in [0.5, 0.6) is 0 Å². The Morgan fingerprint density at radius 1 is 0.329 bits per heavy atom. The number of aliphatic hydroxyl groups is 1. The van der Waals surface area contributed by atoms with Gasteiger partial charge in [-0.05, 0) is 43.4 Å². The number of hydrogen-bond donors (Lipinski definition) is 3.